The van der Waals surface area contributed by atoms with Crippen molar-refractivity contribution >= 4 is 11.4 Å². The number of nitrogens with one attached hydrogen (secondary N) is 1. The van der Waals surface area contributed by atoms with Crippen molar-refractivity contribution in [2.24, 2.45) is 0 Å². The van der Waals surface area contributed by atoms with E-state index in [2.05, 4.69) is 128 Å². The summed E-state index contributed by atoms with van der Waals surface area (Å²) in [5.41, 5.74) is 13.1. The molecule has 0 aliphatic carbocycles. The standard InChI is InChI=1S/C31H42N2/c1-20-16-26(17-21(2)28(20)32-9)30(5,6)24-12-14-25(15-13-24)31(7,8)27-18-22(3)29(33(10)11)23(4)19-27/h12-19,32H,1-11H3. The quantitative estimate of drug-likeness (QED) is 0.421. The number of benzene rings is 3. The van der Waals surface area contributed by atoms with Crippen LogP contribution in [0.25, 0.3) is 0 Å². The van der Waals surface area contributed by atoms with Crippen LogP contribution in [-0.2, 0) is 10.8 Å². The van der Waals surface area contributed by atoms with Gasteiger partial charge in [0.2, 0.25) is 0 Å². The normalized spacial score (nSPS) is 12.1. The van der Waals surface area contributed by atoms with Gasteiger partial charge in [0.1, 0.15) is 0 Å². The van der Waals surface area contributed by atoms with Crippen LogP contribution in [-0.4, -0.2) is 21.1 Å². The summed E-state index contributed by atoms with van der Waals surface area (Å²) < 4.78 is 0. The first-order chi connectivity index (χ1) is 15.3. The Morgan fingerprint density at radius 1 is 0.576 bits per heavy atom. The SMILES string of the molecule is CNc1c(C)cc(C(C)(C)c2ccc(C(C)(C)c3cc(C)c(N(C)C)c(C)c3)cc2)cc1C. The second kappa shape index (κ2) is 8.89. The van der Waals surface area contributed by atoms with Gasteiger partial charge in [0.25, 0.3) is 0 Å². The molecule has 0 heterocycles. The van der Waals surface area contributed by atoms with Crippen molar-refractivity contribution < 1.29 is 0 Å². The first-order valence-electron chi connectivity index (χ1n) is 12.0. The van der Waals surface area contributed by atoms with E-state index < -0.39 is 0 Å². The molecule has 3 aromatic carbocycles. The Kier molecular flexibility index (Phi) is 6.71. The second-order valence-electron chi connectivity index (χ2n) is 10.9. The fourth-order valence-electron chi connectivity index (χ4n) is 5.38. The van der Waals surface area contributed by atoms with Crippen LogP contribution in [0.2, 0.25) is 0 Å². The highest BCUT2D eigenvalue weighted by molar-refractivity contribution is 5.62. The van der Waals surface area contributed by atoms with E-state index in [9.17, 15) is 0 Å². The van der Waals surface area contributed by atoms with E-state index in [1.807, 2.05) is 7.05 Å². The number of aryl methyl sites for hydroxylation is 4. The maximum Gasteiger partial charge on any atom is 0.0420 e. The summed E-state index contributed by atoms with van der Waals surface area (Å²) in [6.07, 6.45) is 0. The van der Waals surface area contributed by atoms with Gasteiger partial charge in [-0.15, -0.1) is 0 Å². The fourth-order valence-corrected chi connectivity index (χ4v) is 5.38. The van der Waals surface area contributed by atoms with Gasteiger partial charge >= 0.3 is 0 Å². The van der Waals surface area contributed by atoms with Gasteiger partial charge in [0, 0.05) is 43.3 Å². The maximum atomic E-state index is 3.34. The molecule has 33 heavy (non-hydrogen) atoms. The molecule has 2 nitrogen and oxygen atoms in total. The van der Waals surface area contributed by atoms with Gasteiger partial charge in [0.15, 0.2) is 0 Å². The minimum Gasteiger partial charge on any atom is -0.388 e. The maximum absolute atomic E-state index is 3.34. The molecule has 0 saturated carbocycles. The van der Waals surface area contributed by atoms with Gasteiger partial charge in [-0.05, 0) is 72.2 Å². The zero-order chi connectivity index (χ0) is 24.7. The molecule has 0 spiro atoms. The van der Waals surface area contributed by atoms with E-state index in [0.29, 0.717) is 0 Å². The Morgan fingerprint density at radius 3 is 1.21 bits per heavy atom. The molecule has 2 heteroatoms. The van der Waals surface area contributed by atoms with E-state index in [1.165, 1.54) is 55.9 Å². The van der Waals surface area contributed by atoms with E-state index >= 15 is 0 Å². The molecule has 0 atom stereocenters. The molecule has 0 radical (unpaired) electrons. The third-order valence-corrected chi connectivity index (χ3v) is 7.49. The van der Waals surface area contributed by atoms with Crippen molar-refractivity contribution in [1.82, 2.24) is 0 Å². The van der Waals surface area contributed by atoms with Crippen molar-refractivity contribution in [3.05, 3.63) is 93.0 Å². The Morgan fingerprint density at radius 2 is 0.909 bits per heavy atom. The minimum atomic E-state index is -0.0648. The zero-order valence-corrected chi connectivity index (χ0v) is 22.6. The molecular weight excluding hydrogens is 400 g/mol. The number of rotatable bonds is 6. The van der Waals surface area contributed by atoms with Gasteiger partial charge < -0.3 is 10.2 Å². The van der Waals surface area contributed by atoms with Gasteiger partial charge in [-0.1, -0.05) is 76.2 Å². The minimum absolute atomic E-state index is 0.0645. The van der Waals surface area contributed by atoms with E-state index in [4.69, 9.17) is 0 Å². The third-order valence-electron chi connectivity index (χ3n) is 7.49. The highest BCUT2D eigenvalue weighted by atomic mass is 15.1. The third kappa shape index (κ3) is 4.53. The molecule has 0 saturated heterocycles. The Bertz CT molecular complexity index is 1100. The summed E-state index contributed by atoms with van der Waals surface area (Å²) in [6.45, 7) is 18.1. The predicted octanol–water partition coefficient (Wildman–Crippen LogP) is 7.68. The van der Waals surface area contributed by atoms with Crippen LogP contribution >= 0.6 is 0 Å². The van der Waals surface area contributed by atoms with E-state index in [-0.39, 0.29) is 10.8 Å². The van der Waals surface area contributed by atoms with Crippen molar-refractivity contribution in [2.45, 2.75) is 66.2 Å². The van der Waals surface area contributed by atoms with Crippen molar-refractivity contribution in [3.8, 4) is 0 Å². The molecule has 0 unspecified atom stereocenters. The topological polar surface area (TPSA) is 15.3 Å². The molecular formula is C31H42N2. The average molecular weight is 443 g/mol. The zero-order valence-electron chi connectivity index (χ0n) is 22.6. The largest absolute Gasteiger partial charge is 0.388 e. The molecule has 1 N–H and O–H groups in total. The average Bonchev–Trinajstić information content (AvgIpc) is 2.72. The second-order valence-corrected chi connectivity index (χ2v) is 10.9. The fraction of sp³-hybridized carbons (Fsp3) is 0.419. The summed E-state index contributed by atoms with van der Waals surface area (Å²) in [4.78, 5) is 2.21. The number of hydrogen-bond acceptors (Lipinski definition) is 2. The van der Waals surface area contributed by atoms with Crippen molar-refractivity contribution in [3.63, 3.8) is 0 Å². The molecule has 3 aromatic rings. The highest BCUT2D eigenvalue weighted by Crippen LogP contribution is 2.39. The predicted molar refractivity (Wildman–Crippen MR) is 146 cm³/mol. The first-order valence-corrected chi connectivity index (χ1v) is 12.0. The summed E-state index contributed by atoms with van der Waals surface area (Å²) in [7, 11) is 6.24. The lowest BCUT2D eigenvalue weighted by atomic mass is 9.73. The van der Waals surface area contributed by atoms with Crippen LogP contribution in [0.4, 0.5) is 11.4 Å². The van der Waals surface area contributed by atoms with Gasteiger partial charge in [-0.2, -0.15) is 0 Å². The highest BCUT2D eigenvalue weighted by Gasteiger charge is 2.28. The molecule has 176 valence electrons. The Hall–Kier alpha value is -2.74. The van der Waals surface area contributed by atoms with Crippen LogP contribution < -0.4 is 10.2 Å². The lowest BCUT2D eigenvalue weighted by Gasteiger charge is -2.31. The van der Waals surface area contributed by atoms with Crippen LogP contribution in [0.15, 0.2) is 48.5 Å². The molecule has 0 aliphatic heterocycles. The van der Waals surface area contributed by atoms with Crippen LogP contribution in [0.3, 0.4) is 0 Å². The molecule has 3 rings (SSSR count). The summed E-state index contributed by atoms with van der Waals surface area (Å²) >= 11 is 0. The Labute approximate surface area is 202 Å². The van der Waals surface area contributed by atoms with Crippen LogP contribution in [0.5, 0.6) is 0 Å². The lowest BCUT2D eigenvalue weighted by Crippen LogP contribution is -2.22. The number of nitrogens with zero attached hydrogens (tertiary/aromatic N) is 1. The van der Waals surface area contributed by atoms with Gasteiger partial charge in [-0.3, -0.25) is 0 Å². The monoisotopic (exact) mass is 442 g/mol. The van der Waals surface area contributed by atoms with Gasteiger partial charge in [-0.25, -0.2) is 0 Å². The van der Waals surface area contributed by atoms with E-state index in [1.54, 1.807) is 0 Å². The summed E-state index contributed by atoms with van der Waals surface area (Å²) in [6, 6.07) is 18.7. The first kappa shape index (κ1) is 24.9. The molecule has 0 aliphatic rings. The van der Waals surface area contributed by atoms with Crippen molar-refractivity contribution in [2.75, 3.05) is 31.4 Å². The van der Waals surface area contributed by atoms with E-state index in [0.717, 1.165) is 0 Å². The molecule has 0 fully saturated rings. The van der Waals surface area contributed by atoms with Gasteiger partial charge in [0.05, 0.1) is 0 Å². The molecule has 0 aromatic heterocycles. The Balaban J connectivity index is 1.98. The number of hydrogen-bond donors (Lipinski definition) is 1. The molecule has 0 amide bonds. The smallest absolute Gasteiger partial charge is 0.0420 e. The summed E-state index contributed by atoms with van der Waals surface area (Å²) in [5.74, 6) is 0. The number of anilines is 2. The lowest BCUT2D eigenvalue weighted by molar-refractivity contribution is 0.625. The summed E-state index contributed by atoms with van der Waals surface area (Å²) in [5, 5.41) is 3.34. The van der Waals surface area contributed by atoms with Crippen LogP contribution in [0.1, 0.15) is 72.2 Å². The molecule has 0 bridgehead atoms. The van der Waals surface area contributed by atoms with Crippen molar-refractivity contribution in [1.29, 1.82) is 0 Å². The van der Waals surface area contributed by atoms with Crippen LogP contribution in [0, 0.1) is 27.7 Å².